The number of Topliss-reactive ketones (excluding diaryl/α,β-unsaturated/α-hetero) is 1. The van der Waals surface area contributed by atoms with Crippen molar-refractivity contribution in [2.24, 2.45) is 0 Å². The van der Waals surface area contributed by atoms with Crippen LogP contribution in [0.2, 0.25) is 0 Å². The molecule has 0 spiro atoms. The van der Waals surface area contributed by atoms with E-state index >= 15 is 0 Å². The van der Waals surface area contributed by atoms with Crippen LogP contribution in [0.1, 0.15) is 31.2 Å². The third-order valence-electron chi connectivity index (χ3n) is 2.71. The normalized spacial score (nSPS) is 21.5. The van der Waals surface area contributed by atoms with Gasteiger partial charge in [0.1, 0.15) is 5.78 Å². The van der Waals surface area contributed by atoms with E-state index in [1.54, 1.807) is 11.3 Å². The van der Waals surface area contributed by atoms with E-state index in [0.717, 1.165) is 25.0 Å². The molecule has 82 valence electrons. The second-order valence-electron chi connectivity index (χ2n) is 4.04. The maximum absolute atomic E-state index is 11.7. The summed E-state index contributed by atoms with van der Waals surface area (Å²) in [4.78, 5) is 11.7. The van der Waals surface area contributed by atoms with Gasteiger partial charge in [-0.25, -0.2) is 0 Å². The Bertz CT molecular complexity index is 299. The molecule has 1 saturated heterocycles. The number of carbonyl (C=O) groups is 1. The number of hydrogen-bond acceptors (Lipinski definition) is 3. The van der Waals surface area contributed by atoms with Gasteiger partial charge in [0.25, 0.3) is 0 Å². The average Bonchev–Trinajstić information content (AvgIpc) is 2.71. The first-order valence-electron chi connectivity index (χ1n) is 5.49. The van der Waals surface area contributed by atoms with Crippen LogP contribution in [0.15, 0.2) is 16.8 Å². The fraction of sp³-hybridized carbons (Fsp3) is 0.583. The van der Waals surface area contributed by atoms with Gasteiger partial charge >= 0.3 is 0 Å². The molecule has 1 atom stereocenters. The van der Waals surface area contributed by atoms with E-state index in [-0.39, 0.29) is 6.10 Å². The first kappa shape index (κ1) is 10.8. The van der Waals surface area contributed by atoms with Gasteiger partial charge in [-0.1, -0.05) is 0 Å². The molecule has 15 heavy (non-hydrogen) atoms. The highest BCUT2D eigenvalue weighted by molar-refractivity contribution is 7.07. The topological polar surface area (TPSA) is 26.3 Å². The van der Waals surface area contributed by atoms with Crippen molar-refractivity contribution in [1.29, 1.82) is 0 Å². The first-order valence-corrected chi connectivity index (χ1v) is 6.43. The lowest BCUT2D eigenvalue weighted by molar-refractivity contribution is -0.122. The van der Waals surface area contributed by atoms with Crippen molar-refractivity contribution in [3.63, 3.8) is 0 Å². The van der Waals surface area contributed by atoms with Crippen LogP contribution in [0.4, 0.5) is 0 Å². The smallest absolute Gasteiger partial charge is 0.139 e. The van der Waals surface area contributed by atoms with E-state index in [9.17, 15) is 4.79 Å². The van der Waals surface area contributed by atoms with E-state index in [0.29, 0.717) is 18.6 Å². The molecule has 1 aliphatic heterocycles. The predicted molar refractivity (Wildman–Crippen MR) is 61.2 cm³/mol. The number of rotatable bonds is 4. The Labute approximate surface area is 94.3 Å². The number of hydrogen-bond donors (Lipinski definition) is 0. The van der Waals surface area contributed by atoms with Crippen molar-refractivity contribution in [3.05, 3.63) is 22.4 Å². The van der Waals surface area contributed by atoms with Gasteiger partial charge in [0.05, 0.1) is 6.10 Å². The molecule has 0 amide bonds. The van der Waals surface area contributed by atoms with E-state index in [2.05, 4.69) is 0 Å². The third-order valence-corrected chi connectivity index (χ3v) is 3.44. The lowest BCUT2D eigenvalue weighted by Gasteiger charge is -2.21. The Balaban J connectivity index is 1.76. The van der Waals surface area contributed by atoms with Gasteiger partial charge in [-0.2, -0.15) is 11.3 Å². The van der Waals surface area contributed by atoms with Gasteiger partial charge < -0.3 is 4.74 Å². The van der Waals surface area contributed by atoms with Gasteiger partial charge in [-0.3, -0.25) is 4.79 Å². The van der Waals surface area contributed by atoms with E-state index in [1.807, 2.05) is 16.8 Å². The highest BCUT2D eigenvalue weighted by atomic mass is 32.1. The largest absolute Gasteiger partial charge is 0.378 e. The fourth-order valence-corrected chi connectivity index (χ4v) is 2.58. The molecule has 2 nitrogen and oxygen atoms in total. The van der Waals surface area contributed by atoms with Crippen LogP contribution in [0.25, 0.3) is 0 Å². The molecule has 3 heteroatoms. The summed E-state index contributed by atoms with van der Waals surface area (Å²) in [5.41, 5.74) is 1.14. The zero-order chi connectivity index (χ0) is 10.5. The van der Waals surface area contributed by atoms with Crippen molar-refractivity contribution in [2.75, 3.05) is 6.61 Å². The molecule has 2 heterocycles. The maximum atomic E-state index is 11.7. The summed E-state index contributed by atoms with van der Waals surface area (Å²) in [6, 6.07) is 2.02. The van der Waals surface area contributed by atoms with Crippen LogP contribution in [0, 0.1) is 0 Å². The number of carbonyl (C=O) groups excluding carboxylic acids is 1. The lowest BCUT2D eigenvalue weighted by atomic mass is 10.0. The number of ketones is 1. The third kappa shape index (κ3) is 3.43. The van der Waals surface area contributed by atoms with E-state index < -0.39 is 0 Å². The van der Waals surface area contributed by atoms with Crippen LogP contribution in [-0.4, -0.2) is 18.5 Å². The fourth-order valence-electron chi connectivity index (χ4n) is 1.92. The highest BCUT2D eigenvalue weighted by Crippen LogP contribution is 2.17. The molecule has 0 aromatic carbocycles. The number of thiophene rings is 1. The second kappa shape index (κ2) is 5.42. The summed E-state index contributed by atoms with van der Waals surface area (Å²) < 4.78 is 5.55. The Morgan fingerprint density at radius 2 is 2.47 bits per heavy atom. The standard InChI is InChI=1S/C12H16O2S/c13-11(7-10-4-6-15-9-10)8-12-3-1-2-5-14-12/h4,6,9,12H,1-3,5,7-8H2. The molecule has 1 unspecified atom stereocenters. The molecule has 1 aromatic rings. The molecule has 1 fully saturated rings. The van der Waals surface area contributed by atoms with E-state index in [4.69, 9.17) is 4.74 Å². The minimum Gasteiger partial charge on any atom is -0.378 e. The lowest BCUT2D eigenvalue weighted by Crippen LogP contribution is -2.23. The Kier molecular flexibility index (Phi) is 3.92. The summed E-state index contributed by atoms with van der Waals surface area (Å²) in [6.45, 7) is 0.830. The Morgan fingerprint density at radius 3 is 3.13 bits per heavy atom. The molecule has 0 radical (unpaired) electrons. The van der Waals surface area contributed by atoms with Crippen LogP contribution in [0.5, 0.6) is 0 Å². The zero-order valence-electron chi connectivity index (χ0n) is 8.78. The molecule has 1 aliphatic rings. The van der Waals surface area contributed by atoms with Crippen molar-refractivity contribution < 1.29 is 9.53 Å². The summed E-state index contributed by atoms with van der Waals surface area (Å²) in [7, 11) is 0. The van der Waals surface area contributed by atoms with Crippen molar-refractivity contribution in [3.8, 4) is 0 Å². The van der Waals surface area contributed by atoms with Crippen molar-refractivity contribution >= 4 is 17.1 Å². The zero-order valence-corrected chi connectivity index (χ0v) is 9.59. The quantitative estimate of drug-likeness (QED) is 0.786. The molecule has 2 rings (SSSR count). The van der Waals surface area contributed by atoms with Crippen molar-refractivity contribution in [1.82, 2.24) is 0 Å². The first-order chi connectivity index (χ1) is 7.34. The monoisotopic (exact) mass is 224 g/mol. The SMILES string of the molecule is O=C(Cc1ccsc1)CC1CCCCO1. The average molecular weight is 224 g/mol. The minimum atomic E-state index is 0.185. The van der Waals surface area contributed by atoms with Gasteiger partial charge in [-0.05, 0) is 41.7 Å². The Hall–Kier alpha value is -0.670. The highest BCUT2D eigenvalue weighted by Gasteiger charge is 2.17. The summed E-state index contributed by atoms with van der Waals surface area (Å²) in [5.74, 6) is 0.306. The van der Waals surface area contributed by atoms with Gasteiger partial charge in [0.15, 0.2) is 0 Å². The molecular weight excluding hydrogens is 208 g/mol. The molecular formula is C12H16O2S. The van der Waals surface area contributed by atoms with Crippen LogP contribution in [-0.2, 0) is 16.0 Å². The van der Waals surface area contributed by atoms with Crippen LogP contribution < -0.4 is 0 Å². The minimum absolute atomic E-state index is 0.185. The maximum Gasteiger partial charge on any atom is 0.139 e. The second-order valence-corrected chi connectivity index (χ2v) is 4.82. The van der Waals surface area contributed by atoms with Crippen LogP contribution in [0.3, 0.4) is 0 Å². The van der Waals surface area contributed by atoms with Gasteiger partial charge in [-0.15, -0.1) is 0 Å². The summed E-state index contributed by atoms with van der Waals surface area (Å²) in [5, 5.41) is 4.05. The summed E-state index contributed by atoms with van der Waals surface area (Å²) >= 11 is 1.64. The van der Waals surface area contributed by atoms with Gasteiger partial charge in [0.2, 0.25) is 0 Å². The molecule has 0 aliphatic carbocycles. The molecule has 0 N–H and O–H groups in total. The van der Waals surface area contributed by atoms with Crippen LogP contribution >= 0.6 is 11.3 Å². The molecule has 0 saturated carbocycles. The Morgan fingerprint density at radius 1 is 1.53 bits per heavy atom. The number of ether oxygens (including phenoxy) is 1. The van der Waals surface area contributed by atoms with Gasteiger partial charge in [0, 0.05) is 19.4 Å². The predicted octanol–water partition coefficient (Wildman–Crippen LogP) is 2.82. The van der Waals surface area contributed by atoms with Crippen molar-refractivity contribution in [2.45, 2.75) is 38.2 Å². The molecule has 0 bridgehead atoms. The van der Waals surface area contributed by atoms with E-state index in [1.165, 1.54) is 6.42 Å². The summed E-state index contributed by atoms with van der Waals surface area (Å²) in [6.07, 6.45) is 4.75. The molecule has 1 aromatic heterocycles.